The summed E-state index contributed by atoms with van der Waals surface area (Å²) < 4.78 is 3.14. The van der Waals surface area contributed by atoms with Crippen LogP contribution < -0.4 is 11.2 Å². The van der Waals surface area contributed by atoms with Crippen molar-refractivity contribution in [1.29, 1.82) is 0 Å². The maximum Gasteiger partial charge on any atom is 0.329 e. The van der Waals surface area contributed by atoms with E-state index >= 15 is 0 Å². The highest BCUT2D eigenvalue weighted by Gasteiger charge is 2.14. The van der Waals surface area contributed by atoms with Crippen molar-refractivity contribution in [3.05, 3.63) is 26.7 Å². The SMILES string of the molecule is CCC(O)CCCCCCc1nc2c(c(=O)[nH]c(=O)n2C)n1C. The Labute approximate surface area is 135 Å². The van der Waals surface area contributed by atoms with Gasteiger partial charge in [0.25, 0.3) is 5.56 Å². The zero-order valence-corrected chi connectivity index (χ0v) is 14.1. The van der Waals surface area contributed by atoms with Gasteiger partial charge in [-0.2, -0.15) is 0 Å². The Morgan fingerprint density at radius 3 is 2.52 bits per heavy atom. The maximum atomic E-state index is 11.9. The van der Waals surface area contributed by atoms with Crippen LogP contribution in [0.5, 0.6) is 0 Å². The van der Waals surface area contributed by atoms with E-state index in [0.717, 1.165) is 50.8 Å². The Morgan fingerprint density at radius 2 is 1.83 bits per heavy atom. The van der Waals surface area contributed by atoms with Crippen LogP contribution in [0, 0.1) is 0 Å². The summed E-state index contributed by atoms with van der Waals surface area (Å²) in [5, 5.41) is 9.51. The molecule has 0 aliphatic rings. The summed E-state index contributed by atoms with van der Waals surface area (Å²) in [5.74, 6) is 0.820. The van der Waals surface area contributed by atoms with Gasteiger partial charge in [-0.25, -0.2) is 9.78 Å². The molecule has 0 spiro atoms. The molecule has 7 heteroatoms. The molecule has 0 fully saturated rings. The molecule has 2 heterocycles. The molecule has 7 nitrogen and oxygen atoms in total. The standard InChI is InChI=1S/C16H26N4O3/c1-4-11(21)9-7-5-6-8-10-12-17-14-13(19(12)2)15(22)18-16(23)20(14)3/h11,21H,4-10H2,1-3H3,(H,18,22,23). The molecule has 0 aliphatic carbocycles. The molecular weight excluding hydrogens is 296 g/mol. The number of nitrogens with zero attached hydrogens (tertiary/aromatic N) is 3. The molecule has 0 saturated carbocycles. The molecule has 0 radical (unpaired) electrons. The van der Waals surface area contributed by atoms with Gasteiger partial charge in [-0.1, -0.05) is 26.2 Å². The second kappa shape index (κ2) is 7.59. The van der Waals surface area contributed by atoms with Crippen LogP contribution in [-0.4, -0.2) is 30.3 Å². The Kier molecular flexibility index (Phi) is 5.76. The van der Waals surface area contributed by atoms with Crippen molar-refractivity contribution in [1.82, 2.24) is 19.1 Å². The van der Waals surface area contributed by atoms with Crippen LogP contribution in [0.1, 0.15) is 51.3 Å². The van der Waals surface area contributed by atoms with Gasteiger partial charge in [0.1, 0.15) is 5.82 Å². The Morgan fingerprint density at radius 1 is 1.13 bits per heavy atom. The highest BCUT2D eigenvalue weighted by Crippen LogP contribution is 2.13. The van der Waals surface area contributed by atoms with Gasteiger partial charge in [0.05, 0.1) is 6.10 Å². The number of aromatic nitrogens is 4. The first kappa shape index (κ1) is 17.5. The van der Waals surface area contributed by atoms with E-state index < -0.39 is 11.2 Å². The first-order valence-electron chi connectivity index (χ1n) is 8.28. The second-order valence-corrected chi connectivity index (χ2v) is 6.09. The number of aliphatic hydroxyl groups excluding tert-OH is 1. The average molecular weight is 322 g/mol. The van der Waals surface area contributed by atoms with Crippen molar-refractivity contribution in [3.63, 3.8) is 0 Å². The van der Waals surface area contributed by atoms with Gasteiger partial charge < -0.3 is 9.67 Å². The van der Waals surface area contributed by atoms with E-state index in [9.17, 15) is 14.7 Å². The van der Waals surface area contributed by atoms with E-state index in [1.807, 2.05) is 14.0 Å². The van der Waals surface area contributed by atoms with Gasteiger partial charge >= 0.3 is 5.69 Å². The third kappa shape index (κ3) is 3.90. The molecule has 2 N–H and O–H groups in total. The van der Waals surface area contributed by atoms with Gasteiger partial charge in [0.15, 0.2) is 11.2 Å². The Balaban J connectivity index is 1.98. The lowest BCUT2D eigenvalue weighted by Crippen LogP contribution is -2.29. The number of aromatic amines is 1. The number of hydrogen-bond acceptors (Lipinski definition) is 4. The van der Waals surface area contributed by atoms with Crippen LogP contribution in [-0.2, 0) is 20.5 Å². The first-order chi connectivity index (χ1) is 11.0. The number of rotatable bonds is 8. The molecule has 0 aliphatic heterocycles. The summed E-state index contributed by atoms with van der Waals surface area (Å²) >= 11 is 0. The van der Waals surface area contributed by atoms with Crippen molar-refractivity contribution in [2.75, 3.05) is 0 Å². The van der Waals surface area contributed by atoms with E-state index in [1.165, 1.54) is 4.57 Å². The van der Waals surface area contributed by atoms with E-state index in [-0.39, 0.29) is 6.10 Å². The molecule has 1 unspecified atom stereocenters. The fraction of sp³-hybridized carbons (Fsp3) is 0.688. The van der Waals surface area contributed by atoms with E-state index in [1.54, 1.807) is 11.6 Å². The van der Waals surface area contributed by atoms with E-state index in [0.29, 0.717) is 11.2 Å². The number of nitrogens with one attached hydrogen (secondary N) is 1. The minimum atomic E-state index is -0.443. The van der Waals surface area contributed by atoms with Crippen LogP contribution in [0.25, 0.3) is 11.2 Å². The number of fused-ring (bicyclic) bond motifs is 1. The molecule has 23 heavy (non-hydrogen) atoms. The van der Waals surface area contributed by atoms with Crippen molar-refractivity contribution in [3.8, 4) is 0 Å². The molecule has 2 rings (SSSR count). The topological polar surface area (TPSA) is 92.9 Å². The van der Waals surface area contributed by atoms with Crippen molar-refractivity contribution >= 4 is 11.2 Å². The van der Waals surface area contributed by atoms with Gasteiger partial charge in [0.2, 0.25) is 0 Å². The lowest BCUT2D eigenvalue weighted by atomic mass is 10.1. The van der Waals surface area contributed by atoms with Gasteiger partial charge in [-0.05, 0) is 19.3 Å². The molecular formula is C16H26N4O3. The number of unbranched alkanes of at least 4 members (excludes halogenated alkanes) is 3. The molecule has 0 saturated heterocycles. The smallest absolute Gasteiger partial charge is 0.329 e. The highest BCUT2D eigenvalue weighted by atomic mass is 16.3. The fourth-order valence-electron chi connectivity index (χ4n) is 2.80. The summed E-state index contributed by atoms with van der Waals surface area (Å²) in [4.78, 5) is 30.3. The lowest BCUT2D eigenvalue weighted by Gasteiger charge is -2.06. The Bertz CT molecular complexity index is 772. The zero-order chi connectivity index (χ0) is 17.0. The predicted molar refractivity (Wildman–Crippen MR) is 89.7 cm³/mol. The van der Waals surface area contributed by atoms with Crippen molar-refractivity contribution < 1.29 is 5.11 Å². The quantitative estimate of drug-likeness (QED) is 0.715. The summed E-state index contributed by atoms with van der Waals surface area (Å²) in [6, 6.07) is 0. The average Bonchev–Trinajstić information content (AvgIpc) is 2.85. The molecule has 0 amide bonds. The monoisotopic (exact) mass is 322 g/mol. The lowest BCUT2D eigenvalue weighted by molar-refractivity contribution is 0.156. The van der Waals surface area contributed by atoms with Gasteiger partial charge in [0, 0.05) is 20.5 Å². The summed E-state index contributed by atoms with van der Waals surface area (Å²) in [5.41, 5.74) is 0.0371. The minimum Gasteiger partial charge on any atom is -0.393 e. The van der Waals surface area contributed by atoms with Gasteiger partial charge in [-0.3, -0.25) is 14.3 Å². The van der Waals surface area contributed by atoms with Gasteiger partial charge in [-0.15, -0.1) is 0 Å². The normalized spacial score (nSPS) is 12.9. The van der Waals surface area contributed by atoms with Crippen molar-refractivity contribution in [2.45, 2.75) is 58.0 Å². The largest absolute Gasteiger partial charge is 0.393 e. The van der Waals surface area contributed by atoms with Crippen LogP contribution >= 0.6 is 0 Å². The summed E-state index contributed by atoms with van der Waals surface area (Å²) in [6.07, 6.45) is 6.43. The second-order valence-electron chi connectivity index (χ2n) is 6.09. The first-order valence-corrected chi connectivity index (χ1v) is 8.28. The summed E-state index contributed by atoms with van der Waals surface area (Å²) in [7, 11) is 3.42. The van der Waals surface area contributed by atoms with Crippen LogP contribution in [0.3, 0.4) is 0 Å². The van der Waals surface area contributed by atoms with E-state index in [4.69, 9.17) is 0 Å². The number of imidazole rings is 1. The maximum absolute atomic E-state index is 11.9. The number of H-pyrrole nitrogens is 1. The van der Waals surface area contributed by atoms with E-state index in [2.05, 4.69) is 9.97 Å². The fourth-order valence-corrected chi connectivity index (χ4v) is 2.80. The van der Waals surface area contributed by atoms with Crippen LogP contribution in [0.15, 0.2) is 9.59 Å². The molecule has 1 atom stereocenters. The number of aryl methyl sites for hydroxylation is 3. The molecule has 0 bridgehead atoms. The zero-order valence-electron chi connectivity index (χ0n) is 14.1. The van der Waals surface area contributed by atoms with Crippen molar-refractivity contribution in [2.24, 2.45) is 14.1 Å². The highest BCUT2D eigenvalue weighted by molar-refractivity contribution is 5.70. The number of aliphatic hydroxyl groups is 1. The minimum absolute atomic E-state index is 0.178. The Hall–Kier alpha value is -1.89. The third-order valence-corrected chi connectivity index (χ3v) is 4.39. The molecule has 2 aromatic rings. The molecule has 128 valence electrons. The predicted octanol–water partition coefficient (Wildman–Crippen LogP) is 1.22. The molecule has 0 aromatic carbocycles. The molecule has 2 aromatic heterocycles. The third-order valence-electron chi connectivity index (χ3n) is 4.39. The van der Waals surface area contributed by atoms with Crippen LogP contribution in [0.2, 0.25) is 0 Å². The summed E-state index contributed by atoms with van der Waals surface area (Å²) in [6.45, 7) is 1.99. The van der Waals surface area contributed by atoms with Crippen LogP contribution in [0.4, 0.5) is 0 Å². The number of hydrogen-bond donors (Lipinski definition) is 2.